The van der Waals surface area contributed by atoms with Gasteiger partial charge in [0, 0.05) is 26.1 Å². The zero-order valence-corrected chi connectivity index (χ0v) is 14.8. The number of aryl methyl sites for hydroxylation is 1. The molecule has 0 bridgehead atoms. The summed E-state index contributed by atoms with van der Waals surface area (Å²) in [5.41, 5.74) is 2.18. The number of nitrogens with zero attached hydrogens (tertiary/aromatic N) is 2. The van der Waals surface area contributed by atoms with Gasteiger partial charge in [-0.15, -0.1) is 0 Å². The number of piperidine rings is 1. The number of carbonyl (C=O) groups is 2. The fraction of sp³-hybridized carbons (Fsp3) is 0.526. The van der Waals surface area contributed by atoms with Crippen LogP contribution in [-0.2, 0) is 11.3 Å². The summed E-state index contributed by atoms with van der Waals surface area (Å²) in [4.78, 5) is 28.7. The minimum Gasteiger partial charge on any atom is -0.341 e. The highest BCUT2D eigenvalue weighted by Gasteiger charge is 2.38. The monoisotopic (exact) mass is 342 g/mol. The van der Waals surface area contributed by atoms with Crippen LogP contribution in [0.4, 0.5) is 4.79 Å². The lowest BCUT2D eigenvalue weighted by atomic mass is 10.0. The van der Waals surface area contributed by atoms with Crippen LogP contribution in [-0.4, -0.2) is 46.7 Å². The molecular weight excluding hydrogens is 316 g/mol. The molecule has 1 atom stereocenters. The van der Waals surface area contributed by atoms with Crippen molar-refractivity contribution < 1.29 is 9.59 Å². The first kappa shape index (κ1) is 17.5. The average molecular weight is 342 g/mol. The quantitative estimate of drug-likeness (QED) is 0.886. The first-order valence-corrected chi connectivity index (χ1v) is 9.05. The molecule has 1 unspecified atom stereocenters. The Balaban J connectivity index is 1.67. The molecule has 0 radical (unpaired) electrons. The highest BCUT2D eigenvalue weighted by Crippen LogP contribution is 2.22. The molecule has 3 rings (SSSR count). The molecule has 0 aromatic heterocycles. The van der Waals surface area contributed by atoms with Crippen molar-refractivity contribution in [3.63, 3.8) is 0 Å². The number of urea groups is 1. The van der Waals surface area contributed by atoms with Crippen molar-refractivity contribution in [2.24, 2.45) is 0 Å². The van der Waals surface area contributed by atoms with E-state index in [1.165, 1.54) is 10.5 Å². The maximum Gasteiger partial charge on any atom is 0.323 e. The van der Waals surface area contributed by atoms with Gasteiger partial charge in [0.2, 0.25) is 5.91 Å². The Morgan fingerprint density at radius 1 is 1.16 bits per heavy atom. The number of hydrogen-bond acceptors (Lipinski definition) is 3. The van der Waals surface area contributed by atoms with E-state index in [4.69, 9.17) is 5.41 Å². The molecule has 2 fully saturated rings. The van der Waals surface area contributed by atoms with E-state index < -0.39 is 6.04 Å². The van der Waals surface area contributed by atoms with Gasteiger partial charge in [-0.2, -0.15) is 0 Å². The number of likely N-dealkylation sites (tertiary alicyclic amines) is 2. The predicted molar refractivity (Wildman–Crippen MR) is 96.4 cm³/mol. The van der Waals surface area contributed by atoms with Gasteiger partial charge in [-0.25, -0.2) is 4.79 Å². The SMILES string of the molecule is Cc1ccc(CNC(=O)N2C(=N)CCCC2C(=O)N2CCCC2)cc1. The van der Waals surface area contributed by atoms with Crippen LogP contribution in [0.25, 0.3) is 0 Å². The third kappa shape index (κ3) is 4.00. The lowest BCUT2D eigenvalue weighted by Gasteiger charge is -2.36. The Bertz CT molecular complexity index is 650. The number of amidine groups is 1. The summed E-state index contributed by atoms with van der Waals surface area (Å²) in [5, 5.41) is 11.0. The molecule has 3 amide bonds. The molecule has 25 heavy (non-hydrogen) atoms. The minimum absolute atomic E-state index is 0.00700. The zero-order valence-electron chi connectivity index (χ0n) is 14.8. The second-order valence-corrected chi connectivity index (χ2v) is 6.90. The lowest BCUT2D eigenvalue weighted by molar-refractivity contribution is -0.134. The number of hydrogen-bond donors (Lipinski definition) is 2. The van der Waals surface area contributed by atoms with Gasteiger partial charge in [-0.05, 0) is 38.2 Å². The molecule has 2 aliphatic heterocycles. The normalized spacial score (nSPS) is 20.7. The molecular formula is C19H26N4O2. The van der Waals surface area contributed by atoms with Crippen molar-refractivity contribution >= 4 is 17.8 Å². The Kier molecular flexibility index (Phi) is 5.36. The second kappa shape index (κ2) is 7.68. The van der Waals surface area contributed by atoms with Crippen molar-refractivity contribution in [2.75, 3.05) is 13.1 Å². The van der Waals surface area contributed by atoms with Crippen LogP contribution in [0, 0.1) is 12.3 Å². The van der Waals surface area contributed by atoms with Gasteiger partial charge in [-0.3, -0.25) is 15.1 Å². The third-order valence-electron chi connectivity index (χ3n) is 4.98. The van der Waals surface area contributed by atoms with Crippen LogP contribution in [0.3, 0.4) is 0 Å². The van der Waals surface area contributed by atoms with Crippen LogP contribution in [0.15, 0.2) is 24.3 Å². The molecule has 1 aromatic rings. The zero-order chi connectivity index (χ0) is 17.8. The lowest BCUT2D eigenvalue weighted by Crippen LogP contribution is -2.57. The van der Waals surface area contributed by atoms with E-state index in [2.05, 4.69) is 5.32 Å². The van der Waals surface area contributed by atoms with Crippen LogP contribution in [0.5, 0.6) is 0 Å². The van der Waals surface area contributed by atoms with Crippen molar-refractivity contribution in [1.29, 1.82) is 5.41 Å². The number of rotatable bonds is 3. The van der Waals surface area contributed by atoms with E-state index in [0.29, 0.717) is 19.4 Å². The van der Waals surface area contributed by atoms with Crippen molar-refractivity contribution in [2.45, 2.75) is 51.6 Å². The van der Waals surface area contributed by atoms with Crippen LogP contribution in [0.1, 0.15) is 43.2 Å². The average Bonchev–Trinajstić information content (AvgIpc) is 3.15. The number of amides is 3. The third-order valence-corrected chi connectivity index (χ3v) is 4.98. The first-order valence-electron chi connectivity index (χ1n) is 9.05. The molecule has 134 valence electrons. The number of nitrogens with one attached hydrogen (secondary N) is 2. The molecule has 2 saturated heterocycles. The van der Waals surface area contributed by atoms with Crippen molar-refractivity contribution in [3.8, 4) is 0 Å². The van der Waals surface area contributed by atoms with Gasteiger partial charge in [0.05, 0.1) is 0 Å². The minimum atomic E-state index is -0.530. The summed E-state index contributed by atoms with van der Waals surface area (Å²) in [6.45, 7) is 3.95. The van der Waals surface area contributed by atoms with E-state index >= 15 is 0 Å². The van der Waals surface area contributed by atoms with Gasteiger partial charge < -0.3 is 10.2 Å². The Morgan fingerprint density at radius 2 is 1.84 bits per heavy atom. The van der Waals surface area contributed by atoms with Crippen molar-refractivity contribution in [3.05, 3.63) is 35.4 Å². The van der Waals surface area contributed by atoms with Gasteiger partial charge in [-0.1, -0.05) is 29.8 Å². The molecule has 0 aliphatic carbocycles. The maximum atomic E-state index is 12.8. The largest absolute Gasteiger partial charge is 0.341 e. The number of benzene rings is 1. The van der Waals surface area contributed by atoms with E-state index in [9.17, 15) is 9.59 Å². The molecule has 0 spiro atoms. The summed E-state index contributed by atoms with van der Waals surface area (Å²) >= 11 is 0. The fourth-order valence-corrected chi connectivity index (χ4v) is 3.52. The molecule has 2 heterocycles. The predicted octanol–water partition coefficient (Wildman–Crippen LogP) is 2.66. The van der Waals surface area contributed by atoms with Crippen LogP contribution < -0.4 is 5.32 Å². The first-order chi connectivity index (χ1) is 12.1. The molecule has 6 nitrogen and oxygen atoms in total. The van der Waals surface area contributed by atoms with Gasteiger partial charge in [0.1, 0.15) is 11.9 Å². The smallest absolute Gasteiger partial charge is 0.323 e. The topological polar surface area (TPSA) is 76.5 Å². The molecule has 2 N–H and O–H groups in total. The molecule has 6 heteroatoms. The molecule has 1 aromatic carbocycles. The second-order valence-electron chi connectivity index (χ2n) is 6.90. The van der Waals surface area contributed by atoms with E-state index in [0.717, 1.165) is 37.9 Å². The standard InChI is InChI=1S/C19H26N4O2/c1-14-7-9-15(10-8-14)13-21-19(25)23-16(5-4-6-17(23)20)18(24)22-11-2-3-12-22/h7-10,16,20H,2-6,11-13H2,1H3,(H,21,25). The highest BCUT2D eigenvalue weighted by atomic mass is 16.2. The summed E-state index contributed by atoms with van der Waals surface area (Å²) < 4.78 is 0. The van der Waals surface area contributed by atoms with E-state index in [-0.39, 0.29) is 17.8 Å². The van der Waals surface area contributed by atoms with Crippen LogP contribution in [0.2, 0.25) is 0 Å². The van der Waals surface area contributed by atoms with Crippen molar-refractivity contribution in [1.82, 2.24) is 15.1 Å². The molecule has 2 aliphatic rings. The van der Waals surface area contributed by atoms with Gasteiger partial charge >= 0.3 is 6.03 Å². The Morgan fingerprint density at radius 3 is 2.52 bits per heavy atom. The Labute approximate surface area is 148 Å². The maximum absolute atomic E-state index is 12.8. The van der Waals surface area contributed by atoms with Gasteiger partial charge in [0.25, 0.3) is 0 Å². The van der Waals surface area contributed by atoms with E-state index in [1.54, 1.807) is 0 Å². The summed E-state index contributed by atoms with van der Waals surface area (Å²) in [6, 6.07) is 7.09. The highest BCUT2D eigenvalue weighted by molar-refractivity contribution is 6.01. The van der Waals surface area contributed by atoms with E-state index in [1.807, 2.05) is 36.1 Å². The van der Waals surface area contributed by atoms with Crippen LogP contribution >= 0.6 is 0 Å². The van der Waals surface area contributed by atoms with Gasteiger partial charge in [0.15, 0.2) is 0 Å². The number of carbonyl (C=O) groups excluding carboxylic acids is 2. The fourth-order valence-electron chi connectivity index (χ4n) is 3.52. The Hall–Kier alpha value is -2.37. The summed E-state index contributed by atoms with van der Waals surface area (Å²) in [7, 11) is 0. The summed E-state index contributed by atoms with van der Waals surface area (Å²) in [5.74, 6) is 0.234. The summed E-state index contributed by atoms with van der Waals surface area (Å²) in [6.07, 6.45) is 4.01. The molecule has 0 saturated carbocycles.